The van der Waals surface area contributed by atoms with Gasteiger partial charge in [-0.2, -0.15) is 0 Å². The maximum Gasteiger partial charge on any atom is 0.264 e. The van der Waals surface area contributed by atoms with E-state index in [0.717, 1.165) is 48.5 Å². The maximum absolute atomic E-state index is 12.6. The Bertz CT molecular complexity index is 667. The molecule has 1 amide bonds. The molecular weight excluding hydrogens is 308 g/mol. The molecular formula is C17H22N4OS. The summed E-state index contributed by atoms with van der Waals surface area (Å²) < 4.78 is 0. The highest BCUT2D eigenvalue weighted by Gasteiger charge is 2.23. The van der Waals surface area contributed by atoms with E-state index in [1.807, 2.05) is 29.3 Å². The van der Waals surface area contributed by atoms with E-state index in [9.17, 15) is 4.79 Å². The van der Waals surface area contributed by atoms with Gasteiger partial charge in [-0.3, -0.25) is 4.79 Å². The van der Waals surface area contributed by atoms with Crippen molar-refractivity contribution in [3.63, 3.8) is 0 Å². The van der Waals surface area contributed by atoms with E-state index in [-0.39, 0.29) is 5.91 Å². The quantitative estimate of drug-likeness (QED) is 0.907. The average molecular weight is 330 g/mol. The van der Waals surface area contributed by atoms with Crippen LogP contribution in [0.1, 0.15) is 34.5 Å². The SMILES string of the molecule is Cc1ccsc1C(=O)N1CCCC(Nc2ccc(N)nc2)CC1. The number of hydrogen-bond acceptors (Lipinski definition) is 5. The molecule has 0 saturated carbocycles. The monoisotopic (exact) mass is 330 g/mol. The number of carbonyl (C=O) groups is 1. The molecule has 5 nitrogen and oxygen atoms in total. The van der Waals surface area contributed by atoms with Gasteiger partial charge in [0.25, 0.3) is 5.91 Å². The summed E-state index contributed by atoms with van der Waals surface area (Å²) in [7, 11) is 0. The second-order valence-electron chi connectivity index (χ2n) is 5.97. The van der Waals surface area contributed by atoms with Crippen LogP contribution < -0.4 is 11.1 Å². The van der Waals surface area contributed by atoms with E-state index in [0.29, 0.717) is 11.9 Å². The minimum absolute atomic E-state index is 0.173. The predicted octanol–water partition coefficient (Wildman–Crippen LogP) is 3.14. The fraction of sp³-hybridized carbons (Fsp3) is 0.412. The molecule has 1 aliphatic rings. The van der Waals surface area contributed by atoms with Gasteiger partial charge in [0.2, 0.25) is 0 Å². The van der Waals surface area contributed by atoms with Crippen molar-refractivity contribution in [3.05, 3.63) is 40.2 Å². The third kappa shape index (κ3) is 3.82. The highest BCUT2D eigenvalue weighted by Crippen LogP contribution is 2.22. The molecule has 3 heterocycles. The molecule has 2 aromatic rings. The van der Waals surface area contributed by atoms with E-state index in [2.05, 4.69) is 10.3 Å². The van der Waals surface area contributed by atoms with E-state index in [4.69, 9.17) is 5.73 Å². The molecule has 1 unspecified atom stereocenters. The number of nitrogen functional groups attached to an aromatic ring is 1. The van der Waals surface area contributed by atoms with Crippen LogP contribution in [0.2, 0.25) is 0 Å². The standard InChI is InChI=1S/C17H22N4OS/c1-12-7-10-23-16(12)17(22)21-8-2-3-13(6-9-21)20-14-4-5-15(18)19-11-14/h4-5,7,10-11,13,20H,2-3,6,8-9H2,1H3,(H2,18,19). The molecule has 3 N–H and O–H groups in total. The van der Waals surface area contributed by atoms with Crippen molar-refractivity contribution >= 4 is 28.7 Å². The number of pyridine rings is 1. The van der Waals surface area contributed by atoms with Crippen LogP contribution in [0.3, 0.4) is 0 Å². The van der Waals surface area contributed by atoms with Gasteiger partial charge in [0.15, 0.2) is 0 Å². The fourth-order valence-electron chi connectivity index (χ4n) is 2.91. The number of likely N-dealkylation sites (tertiary alicyclic amines) is 1. The number of hydrogen-bond donors (Lipinski definition) is 2. The molecule has 3 rings (SSSR count). The molecule has 1 aliphatic heterocycles. The van der Waals surface area contributed by atoms with Gasteiger partial charge in [-0.1, -0.05) is 0 Å². The van der Waals surface area contributed by atoms with Gasteiger partial charge < -0.3 is 16.0 Å². The zero-order valence-corrected chi connectivity index (χ0v) is 14.1. The number of nitrogens with one attached hydrogen (secondary N) is 1. The number of aromatic nitrogens is 1. The summed E-state index contributed by atoms with van der Waals surface area (Å²) >= 11 is 1.54. The molecule has 0 aromatic carbocycles. The summed E-state index contributed by atoms with van der Waals surface area (Å²) in [4.78, 5) is 19.6. The first kappa shape index (κ1) is 15.8. The number of anilines is 2. The van der Waals surface area contributed by atoms with Crippen LogP contribution in [0.25, 0.3) is 0 Å². The molecule has 23 heavy (non-hydrogen) atoms. The molecule has 0 spiro atoms. The first-order valence-electron chi connectivity index (χ1n) is 7.95. The highest BCUT2D eigenvalue weighted by atomic mass is 32.1. The zero-order valence-electron chi connectivity index (χ0n) is 13.3. The Hall–Kier alpha value is -2.08. The van der Waals surface area contributed by atoms with Gasteiger partial charge in [0.1, 0.15) is 5.82 Å². The second-order valence-corrected chi connectivity index (χ2v) is 6.88. The third-order valence-electron chi connectivity index (χ3n) is 4.23. The topological polar surface area (TPSA) is 71.2 Å². The van der Waals surface area contributed by atoms with Crippen molar-refractivity contribution in [1.29, 1.82) is 0 Å². The number of thiophene rings is 1. The lowest BCUT2D eigenvalue weighted by Crippen LogP contribution is -2.32. The molecule has 2 aromatic heterocycles. The number of amides is 1. The van der Waals surface area contributed by atoms with Crippen molar-refractivity contribution in [2.24, 2.45) is 0 Å². The van der Waals surface area contributed by atoms with Crippen LogP contribution in [0, 0.1) is 6.92 Å². The predicted molar refractivity (Wildman–Crippen MR) is 94.9 cm³/mol. The van der Waals surface area contributed by atoms with Crippen molar-refractivity contribution in [2.45, 2.75) is 32.2 Å². The van der Waals surface area contributed by atoms with Crippen LogP contribution in [0.5, 0.6) is 0 Å². The van der Waals surface area contributed by atoms with E-state index in [1.165, 1.54) is 11.3 Å². The van der Waals surface area contributed by atoms with Gasteiger partial charge in [0, 0.05) is 19.1 Å². The fourth-order valence-corrected chi connectivity index (χ4v) is 3.80. The number of nitrogens with zero attached hydrogens (tertiary/aromatic N) is 2. The van der Waals surface area contributed by atoms with Crippen molar-refractivity contribution in [1.82, 2.24) is 9.88 Å². The summed E-state index contributed by atoms with van der Waals surface area (Å²) in [5, 5.41) is 5.49. The third-order valence-corrected chi connectivity index (χ3v) is 5.23. The van der Waals surface area contributed by atoms with E-state index < -0.39 is 0 Å². The molecule has 6 heteroatoms. The molecule has 0 radical (unpaired) electrons. The van der Waals surface area contributed by atoms with Gasteiger partial charge in [-0.05, 0) is 55.3 Å². The second kappa shape index (κ2) is 7.00. The molecule has 1 fully saturated rings. The van der Waals surface area contributed by atoms with Gasteiger partial charge in [-0.15, -0.1) is 11.3 Å². The van der Waals surface area contributed by atoms with Crippen LogP contribution in [0.15, 0.2) is 29.8 Å². The Kier molecular flexibility index (Phi) is 4.81. The smallest absolute Gasteiger partial charge is 0.264 e. The van der Waals surface area contributed by atoms with Gasteiger partial charge in [0.05, 0.1) is 16.8 Å². The van der Waals surface area contributed by atoms with Gasteiger partial charge >= 0.3 is 0 Å². The summed E-state index contributed by atoms with van der Waals surface area (Å²) in [6.45, 7) is 3.62. The van der Waals surface area contributed by atoms with Crippen LogP contribution in [0.4, 0.5) is 11.5 Å². The van der Waals surface area contributed by atoms with Crippen molar-refractivity contribution in [3.8, 4) is 0 Å². The number of aryl methyl sites for hydroxylation is 1. The number of carbonyl (C=O) groups excluding carboxylic acids is 1. The van der Waals surface area contributed by atoms with E-state index >= 15 is 0 Å². The maximum atomic E-state index is 12.6. The molecule has 122 valence electrons. The Morgan fingerprint density at radius 2 is 2.22 bits per heavy atom. The molecule has 0 aliphatic carbocycles. The minimum atomic E-state index is 0.173. The Labute approximate surface area is 140 Å². The molecule has 0 bridgehead atoms. The first-order chi connectivity index (χ1) is 11.1. The normalized spacial score (nSPS) is 18.5. The highest BCUT2D eigenvalue weighted by molar-refractivity contribution is 7.12. The Balaban J connectivity index is 1.60. The van der Waals surface area contributed by atoms with Crippen molar-refractivity contribution in [2.75, 3.05) is 24.1 Å². The summed E-state index contributed by atoms with van der Waals surface area (Å²) in [6.07, 6.45) is 4.77. The van der Waals surface area contributed by atoms with Crippen molar-refractivity contribution < 1.29 is 4.79 Å². The lowest BCUT2D eigenvalue weighted by atomic mass is 10.1. The number of rotatable bonds is 3. The lowest BCUT2D eigenvalue weighted by molar-refractivity contribution is 0.0765. The Morgan fingerprint density at radius 3 is 2.91 bits per heavy atom. The average Bonchev–Trinajstić information content (AvgIpc) is 2.84. The minimum Gasteiger partial charge on any atom is -0.384 e. The zero-order chi connectivity index (χ0) is 16.2. The molecule has 1 saturated heterocycles. The van der Waals surface area contributed by atoms with E-state index in [1.54, 1.807) is 12.3 Å². The summed E-state index contributed by atoms with van der Waals surface area (Å²) in [5.74, 6) is 0.701. The van der Waals surface area contributed by atoms with Crippen LogP contribution in [-0.4, -0.2) is 34.9 Å². The number of nitrogens with two attached hydrogens (primary N) is 1. The van der Waals surface area contributed by atoms with Crippen LogP contribution in [-0.2, 0) is 0 Å². The largest absolute Gasteiger partial charge is 0.384 e. The molecule has 1 atom stereocenters. The summed E-state index contributed by atoms with van der Waals surface area (Å²) in [6, 6.07) is 6.12. The first-order valence-corrected chi connectivity index (χ1v) is 8.83. The Morgan fingerprint density at radius 1 is 1.35 bits per heavy atom. The summed E-state index contributed by atoms with van der Waals surface area (Å²) in [5.41, 5.74) is 7.67. The lowest BCUT2D eigenvalue weighted by Gasteiger charge is -2.21. The van der Waals surface area contributed by atoms with Crippen LogP contribution >= 0.6 is 11.3 Å². The van der Waals surface area contributed by atoms with Gasteiger partial charge in [-0.25, -0.2) is 4.98 Å².